The predicted octanol–water partition coefficient (Wildman–Crippen LogP) is 2.31. The van der Waals surface area contributed by atoms with Crippen LogP contribution in [0.15, 0.2) is 24.3 Å². The highest BCUT2D eigenvalue weighted by molar-refractivity contribution is 5.74. The second-order valence-corrected chi connectivity index (χ2v) is 4.45. The van der Waals surface area contributed by atoms with Crippen molar-refractivity contribution in [1.82, 2.24) is 15.1 Å². The van der Waals surface area contributed by atoms with Gasteiger partial charge in [0.05, 0.1) is 0 Å². The van der Waals surface area contributed by atoms with Crippen molar-refractivity contribution >= 4 is 11.0 Å². The second-order valence-electron chi connectivity index (χ2n) is 4.45. The molecule has 16 heavy (non-hydrogen) atoms. The average Bonchev–Trinajstić information content (AvgIpc) is 2.74. The smallest absolute Gasteiger partial charge is 0.115 e. The Hall–Kier alpha value is -1.58. The molecule has 0 atom stereocenters. The molecule has 1 heterocycles. The molecule has 3 rings (SSSR count). The summed E-state index contributed by atoms with van der Waals surface area (Å²) in [4.78, 5) is 1.82. The van der Waals surface area contributed by atoms with E-state index in [4.69, 9.17) is 0 Å². The Balaban J connectivity index is 1.83. The maximum Gasteiger partial charge on any atom is 0.115 e. The van der Waals surface area contributed by atoms with E-state index < -0.39 is 0 Å². The van der Waals surface area contributed by atoms with Crippen molar-refractivity contribution < 1.29 is 0 Å². The largest absolute Gasteiger partial charge is 0.305 e. The van der Waals surface area contributed by atoms with Gasteiger partial charge in [0.2, 0.25) is 0 Å². The van der Waals surface area contributed by atoms with E-state index in [-0.39, 0.29) is 0 Å². The lowest BCUT2D eigenvalue weighted by Crippen LogP contribution is -2.30. The Morgan fingerprint density at radius 2 is 1.94 bits per heavy atom. The van der Waals surface area contributed by atoms with Gasteiger partial charge in [0.1, 0.15) is 11.0 Å². The van der Waals surface area contributed by atoms with Crippen LogP contribution in [0.3, 0.4) is 0 Å². The quantitative estimate of drug-likeness (QED) is 0.837. The van der Waals surface area contributed by atoms with Crippen LogP contribution in [0.1, 0.15) is 32.1 Å². The Bertz CT molecular complexity index is 471. The number of hydrogen-bond acceptors (Lipinski definition) is 3. The van der Waals surface area contributed by atoms with Crippen LogP contribution in [0.5, 0.6) is 0 Å². The van der Waals surface area contributed by atoms with Gasteiger partial charge >= 0.3 is 0 Å². The summed E-state index contributed by atoms with van der Waals surface area (Å²) >= 11 is 0. The van der Waals surface area contributed by atoms with Gasteiger partial charge in [-0.3, -0.25) is 0 Å². The van der Waals surface area contributed by atoms with Crippen LogP contribution in [-0.4, -0.2) is 21.1 Å². The molecular weight excluding hydrogens is 200 g/mol. The number of aromatic nitrogens is 3. The third kappa shape index (κ3) is 1.75. The maximum atomic E-state index is 4.14. The molecule has 1 N–H and O–H groups in total. The highest BCUT2D eigenvalue weighted by Gasteiger charge is 2.14. The highest BCUT2D eigenvalue weighted by atomic mass is 15.6. The average molecular weight is 216 g/mol. The minimum atomic E-state index is 0.554. The zero-order valence-electron chi connectivity index (χ0n) is 9.26. The van der Waals surface area contributed by atoms with Gasteiger partial charge in [0.25, 0.3) is 0 Å². The molecule has 4 nitrogen and oxygen atoms in total. The summed E-state index contributed by atoms with van der Waals surface area (Å²) in [6.45, 7) is 0. The van der Waals surface area contributed by atoms with Crippen molar-refractivity contribution in [3.8, 4) is 0 Å². The molecule has 1 aliphatic carbocycles. The van der Waals surface area contributed by atoms with Gasteiger partial charge in [-0.2, -0.15) is 4.79 Å². The van der Waals surface area contributed by atoms with E-state index in [0.29, 0.717) is 6.04 Å². The lowest BCUT2D eigenvalue weighted by Gasteiger charge is -2.23. The van der Waals surface area contributed by atoms with Crippen LogP contribution in [-0.2, 0) is 0 Å². The minimum Gasteiger partial charge on any atom is -0.305 e. The third-order valence-electron chi connectivity index (χ3n) is 3.26. The lowest BCUT2D eigenvalue weighted by molar-refractivity contribution is 0.430. The van der Waals surface area contributed by atoms with Crippen LogP contribution < -0.4 is 5.43 Å². The number of rotatable bonds is 2. The van der Waals surface area contributed by atoms with Crippen LogP contribution >= 0.6 is 0 Å². The Morgan fingerprint density at radius 1 is 1.12 bits per heavy atom. The summed E-state index contributed by atoms with van der Waals surface area (Å²) in [6.07, 6.45) is 6.51. The summed E-state index contributed by atoms with van der Waals surface area (Å²) in [7, 11) is 0. The molecule has 0 amide bonds. The van der Waals surface area contributed by atoms with E-state index in [1.54, 1.807) is 0 Å². The molecular formula is C12H16N4. The molecule has 0 spiro atoms. The summed E-state index contributed by atoms with van der Waals surface area (Å²) in [5.41, 5.74) is 5.46. The van der Waals surface area contributed by atoms with Gasteiger partial charge in [-0.05, 0) is 30.2 Å². The monoisotopic (exact) mass is 216 g/mol. The zero-order chi connectivity index (χ0) is 10.8. The normalized spacial score (nSPS) is 17.8. The molecule has 1 aliphatic rings. The molecule has 2 aromatic rings. The summed E-state index contributed by atoms with van der Waals surface area (Å²) < 4.78 is 0. The number of fused-ring (bicyclic) bond motifs is 1. The Labute approximate surface area is 94.6 Å². The lowest BCUT2D eigenvalue weighted by atomic mass is 9.96. The first-order valence-corrected chi connectivity index (χ1v) is 6.00. The number of para-hydroxylation sites is 1. The summed E-state index contributed by atoms with van der Waals surface area (Å²) in [6, 6.07) is 8.60. The fraction of sp³-hybridized carbons (Fsp3) is 0.500. The second kappa shape index (κ2) is 4.12. The number of benzene rings is 1. The molecule has 1 fully saturated rings. The molecule has 4 heteroatoms. The molecule has 0 unspecified atom stereocenters. The number of nitrogens with zero attached hydrogens (tertiary/aromatic N) is 3. The molecule has 1 saturated carbocycles. The van der Waals surface area contributed by atoms with Gasteiger partial charge < -0.3 is 5.43 Å². The minimum absolute atomic E-state index is 0.554. The predicted molar refractivity (Wildman–Crippen MR) is 63.8 cm³/mol. The van der Waals surface area contributed by atoms with Gasteiger partial charge in [0, 0.05) is 6.04 Å². The first kappa shape index (κ1) is 9.63. The fourth-order valence-corrected chi connectivity index (χ4v) is 2.37. The molecule has 1 aromatic heterocycles. The summed E-state index contributed by atoms with van der Waals surface area (Å²) in [5.74, 6) is 0. The highest BCUT2D eigenvalue weighted by Crippen LogP contribution is 2.19. The maximum absolute atomic E-state index is 4.14. The first-order valence-electron chi connectivity index (χ1n) is 6.00. The van der Waals surface area contributed by atoms with Crippen molar-refractivity contribution in [2.45, 2.75) is 38.1 Å². The first-order chi connectivity index (χ1) is 7.93. The van der Waals surface area contributed by atoms with Gasteiger partial charge in [-0.1, -0.05) is 31.4 Å². The molecule has 84 valence electrons. The van der Waals surface area contributed by atoms with Gasteiger partial charge in [-0.15, -0.1) is 5.10 Å². The Kier molecular flexibility index (Phi) is 2.48. The SMILES string of the molecule is c1ccc2c(c1)nnn2NC1CCCCC1. The zero-order valence-corrected chi connectivity index (χ0v) is 9.26. The topological polar surface area (TPSA) is 42.7 Å². The van der Waals surface area contributed by atoms with E-state index in [9.17, 15) is 0 Å². The van der Waals surface area contributed by atoms with E-state index in [0.717, 1.165) is 11.0 Å². The van der Waals surface area contributed by atoms with Crippen LogP contribution in [0, 0.1) is 0 Å². The molecule has 0 saturated heterocycles. The summed E-state index contributed by atoms with van der Waals surface area (Å²) in [5, 5.41) is 8.28. The van der Waals surface area contributed by atoms with E-state index in [2.05, 4.69) is 15.7 Å². The number of hydrogen-bond donors (Lipinski definition) is 1. The standard InChI is InChI=1S/C12H16N4/c1-2-6-10(7-3-1)14-16-12-9-5-4-8-11(12)13-15-16/h4-5,8-10,14H,1-3,6-7H2. The van der Waals surface area contributed by atoms with Crippen LogP contribution in [0.2, 0.25) is 0 Å². The van der Waals surface area contributed by atoms with Crippen LogP contribution in [0.4, 0.5) is 0 Å². The molecule has 0 aliphatic heterocycles. The van der Waals surface area contributed by atoms with E-state index in [1.807, 2.05) is 29.1 Å². The fourth-order valence-electron chi connectivity index (χ4n) is 2.37. The van der Waals surface area contributed by atoms with Crippen molar-refractivity contribution in [3.05, 3.63) is 24.3 Å². The molecule has 0 bridgehead atoms. The van der Waals surface area contributed by atoms with Crippen molar-refractivity contribution in [2.24, 2.45) is 0 Å². The van der Waals surface area contributed by atoms with Crippen molar-refractivity contribution in [3.63, 3.8) is 0 Å². The van der Waals surface area contributed by atoms with Gasteiger partial charge in [0.15, 0.2) is 0 Å². The van der Waals surface area contributed by atoms with Crippen LogP contribution in [0.25, 0.3) is 11.0 Å². The molecule has 1 aromatic carbocycles. The van der Waals surface area contributed by atoms with Crippen molar-refractivity contribution in [2.75, 3.05) is 5.43 Å². The van der Waals surface area contributed by atoms with Gasteiger partial charge in [-0.25, -0.2) is 0 Å². The number of nitrogens with one attached hydrogen (secondary N) is 1. The molecule has 0 radical (unpaired) electrons. The third-order valence-corrected chi connectivity index (χ3v) is 3.26. The Morgan fingerprint density at radius 3 is 2.81 bits per heavy atom. The van der Waals surface area contributed by atoms with E-state index in [1.165, 1.54) is 32.1 Å². The van der Waals surface area contributed by atoms with Crippen molar-refractivity contribution in [1.29, 1.82) is 0 Å². The van der Waals surface area contributed by atoms with E-state index >= 15 is 0 Å².